The number of nitrogens with one attached hydrogen (secondary N) is 4. The number of carbonyl (C=O) groups excluding carboxylic acids is 1. The molecular weight excluding hydrogens is 411 g/mol. The van der Waals surface area contributed by atoms with Crippen molar-refractivity contribution in [1.29, 1.82) is 5.41 Å². The first kappa shape index (κ1) is 21.6. The van der Waals surface area contributed by atoms with Crippen LogP contribution < -0.4 is 10.6 Å². The van der Waals surface area contributed by atoms with Crippen LogP contribution in [0.4, 0.5) is 4.39 Å². The molecule has 2 aromatic heterocycles. The SMILES string of the molecule is CN/C=C(\C=N)c1cc(F)cc(CNC(=O)c2ncnc3nc(C4CCN(C)C4)[nH]c23)c1. The first-order valence-electron chi connectivity index (χ1n) is 10.3. The zero-order chi connectivity index (χ0) is 22.7. The van der Waals surface area contributed by atoms with E-state index < -0.39 is 11.7 Å². The number of allylic oxidation sites excluding steroid dienone is 1. The topological polar surface area (TPSA) is 123 Å². The van der Waals surface area contributed by atoms with E-state index in [-0.39, 0.29) is 18.2 Å². The smallest absolute Gasteiger partial charge is 0.272 e. The Morgan fingerprint density at radius 3 is 2.94 bits per heavy atom. The van der Waals surface area contributed by atoms with Crippen molar-refractivity contribution in [3.63, 3.8) is 0 Å². The van der Waals surface area contributed by atoms with Gasteiger partial charge < -0.3 is 25.9 Å². The van der Waals surface area contributed by atoms with Crippen molar-refractivity contribution in [3.05, 3.63) is 59.2 Å². The second kappa shape index (κ2) is 9.23. The van der Waals surface area contributed by atoms with Gasteiger partial charge in [-0.05, 0) is 49.3 Å². The molecular formula is C22H25FN8O. The van der Waals surface area contributed by atoms with E-state index in [0.717, 1.165) is 31.5 Å². The number of imidazole rings is 1. The Kier molecular flexibility index (Phi) is 6.22. The molecule has 10 heteroatoms. The second-order valence-corrected chi connectivity index (χ2v) is 7.85. The summed E-state index contributed by atoms with van der Waals surface area (Å²) in [5, 5.41) is 13.2. The number of halogens is 1. The van der Waals surface area contributed by atoms with E-state index in [1.54, 1.807) is 19.3 Å². The number of amides is 1. The number of fused-ring (bicyclic) bond motifs is 1. The van der Waals surface area contributed by atoms with Crippen LogP contribution in [0.15, 0.2) is 30.7 Å². The fraction of sp³-hybridized carbons (Fsp3) is 0.318. The van der Waals surface area contributed by atoms with Crippen molar-refractivity contribution < 1.29 is 9.18 Å². The van der Waals surface area contributed by atoms with Crippen molar-refractivity contribution in [2.45, 2.75) is 18.9 Å². The Morgan fingerprint density at radius 2 is 2.22 bits per heavy atom. The van der Waals surface area contributed by atoms with Crippen LogP contribution in [-0.4, -0.2) is 64.1 Å². The normalized spacial score (nSPS) is 17.0. The van der Waals surface area contributed by atoms with Crippen molar-refractivity contribution in [1.82, 2.24) is 35.5 Å². The number of rotatable bonds is 7. The summed E-state index contributed by atoms with van der Waals surface area (Å²) in [6.45, 7) is 2.00. The summed E-state index contributed by atoms with van der Waals surface area (Å²) >= 11 is 0. The molecule has 1 atom stereocenters. The minimum Gasteiger partial charge on any atom is -0.393 e. The molecule has 166 valence electrons. The number of benzene rings is 1. The third kappa shape index (κ3) is 4.50. The van der Waals surface area contributed by atoms with Crippen molar-refractivity contribution in [3.8, 4) is 0 Å². The largest absolute Gasteiger partial charge is 0.393 e. The lowest BCUT2D eigenvalue weighted by molar-refractivity contribution is 0.0947. The molecule has 0 spiro atoms. The number of carbonyl (C=O) groups is 1. The fourth-order valence-electron chi connectivity index (χ4n) is 3.92. The molecule has 4 N–H and O–H groups in total. The number of nitrogens with zero attached hydrogens (tertiary/aromatic N) is 4. The van der Waals surface area contributed by atoms with E-state index in [4.69, 9.17) is 5.41 Å². The molecule has 9 nitrogen and oxygen atoms in total. The van der Waals surface area contributed by atoms with Crippen LogP contribution in [0, 0.1) is 11.2 Å². The Morgan fingerprint density at radius 1 is 1.38 bits per heavy atom. The summed E-state index contributed by atoms with van der Waals surface area (Å²) in [5.74, 6) is 0.230. The number of hydrogen-bond donors (Lipinski definition) is 4. The Balaban J connectivity index is 1.53. The first-order valence-corrected chi connectivity index (χ1v) is 10.3. The van der Waals surface area contributed by atoms with Crippen LogP contribution >= 0.6 is 0 Å². The van der Waals surface area contributed by atoms with Gasteiger partial charge in [0.05, 0.1) is 0 Å². The van der Waals surface area contributed by atoms with Crippen LogP contribution in [0.5, 0.6) is 0 Å². The molecule has 3 heterocycles. The van der Waals surface area contributed by atoms with Gasteiger partial charge in [0, 0.05) is 44.0 Å². The quantitative estimate of drug-likeness (QED) is 0.421. The van der Waals surface area contributed by atoms with E-state index in [1.807, 2.05) is 0 Å². The summed E-state index contributed by atoms with van der Waals surface area (Å²) < 4.78 is 14.1. The summed E-state index contributed by atoms with van der Waals surface area (Å²) in [6, 6.07) is 4.43. The minimum atomic E-state index is -0.445. The average Bonchev–Trinajstić information content (AvgIpc) is 3.41. The van der Waals surface area contributed by atoms with Gasteiger partial charge in [0.2, 0.25) is 0 Å². The number of hydrogen-bond acceptors (Lipinski definition) is 7. The predicted molar refractivity (Wildman–Crippen MR) is 120 cm³/mol. The molecule has 1 aromatic carbocycles. The summed E-state index contributed by atoms with van der Waals surface area (Å²) in [4.78, 5) is 31.2. The molecule has 1 unspecified atom stereocenters. The molecule has 1 aliphatic heterocycles. The van der Waals surface area contributed by atoms with Crippen molar-refractivity contribution in [2.24, 2.45) is 0 Å². The monoisotopic (exact) mass is 436 g/mol. The molecule has 0 aliphatic carbocycles. The summed E-state index contributed by atoms with van der Waals surface area (Å²) in [7, 11) is 3.77. The standard InChI is InChI=1S/C22H25FN8O/c1-25-10-16(8-24)15-5-13(6-17(23)7-15)9-26-22(32)19-18-21(28-12-27-19)30-20(29-18)14-3-4-31(2)11-14/h5-8,10,12,14,24-25H,3-4,9,11H2,1-2H3,(H,26,32)(H,27,28,29,30)/b16-10+,24-8?. The number of aromatic nitrogens is 4. The number of likely N-dealkylation sites (tertiary alicyclic amines) is 1. The highest BCUT2D eigenvalue weighted by molar-refractivity contribution is 6.08. The molecule has 1 fully saturated rings. The molecule has 1 aliphatic rings. The minimum absolute atomic E-state index is 0.105. The van der Waals surface area contributed by atoms with Crippen LogP contribution in [0.1, 0.15) is 39.8 Å². The summed E-state index contributed by atoms with van der Waals surface area (Å²) in [6.07, 6.45) is 5.07. The van der Waals surface area contributed by atoms with Crippen LogP contribution in [0.2, 0.25) is 0 Å². The molecule has 0 radical (unpaired) electrons. The van der Waals surface area contributed by atoms with Gasteiger partial charge >= 0.3 is 0 Å². The Hall–Kier alpha value is -3.66. The highest BCUT2D eigenvalue weighted by Crippen LogP contribution is 2.26. The van der Waals surface area contributed by atoms with E-state index in [1.165, 1.54) is 18.5 Å². The van der Waals surface area contributed by atoms with E-state index in [2.05, 4.69) is 42.5 Å². The fourth-order valence-corrected chi connectivity index (χ4v) is 3.92. The maximum absolute atomic E-state index is 14.1. The molecule has 0 bridgehead atoms. The van der Waals surface area contributed by atoms with Gasteiger partial charge in [-0.2, -0.15) is 0 Å². The highest BCUT2D eigenvalue weighted by atomic mass is 19.1. The number of likely N-dealkylation sites (N-methyl/N-ethyl adjacent to an activating group) is 1. The zero-order valence-electron chi connectivity index (χ0n) is 17.9. The average molecular weight is 436 g/mol. The third-order valence-electron chi connectivity index (χ3n) is 5.50. The van der Waals surface area contributed by atoms with E-state index >= 15 is 0 Å². The Bertz CT molecular complexity index is 1190. The highest BCUT2D eigenvalue weighted by Gasteiger charge is 2.25. The lowest BCUT2D eigenvalue weighted by atomic mass is 10.0. The van der Waals surface area contributed by atoms with Crippen LogP contribution in [0.25, 0.3) is 16.7 Å². The Labute approximate surface area is 184 Å². The van der Waals surface area contributed by atoms with Crippen molar-refractivity contribution in [2.75, 3.05) is 27.2 Å². The van der Waals surface area contributed by atoms with Gasteiger partial charge in [0.15, 0.2) is 11.3 Å². The molecule has 4 rings (SSSR count). The summed E-state index contributed by atoms with van der Waals surface area (Å²) in [5.41, 5.74) is 2.80. The molecule has 32 heavy (non-hydrogen) atoms. The molecule has 0 saturated carbocycles. The van der Waals surface area contributed by atoms with Gasteiger partial charge in [-0.1, -0.05) is 0 Å². The number of aromatic amines is 1. The lowest BCUT2D eigenvalue weighted by Gasteiger charge is -2.09. The van der Waals surface area contributed by atoms with E-state index in [0.29, 0.717) is 27.9 Å². The van der Waals surface area contributed by atoms with Crippen molar-refractivity contribution >= 4 is 28.9 Å². The van der Waals surface area contributed by atoms with Gasteiger partial charge in [0.25, 0.3) is 5.91 Å². The zero-order valence-corrected chi connectivity index (χ0v) is 17.9. The van der Waals surface area contributed by atoms with E-state index in [9.17, 15) is 9.18 Å². The van der Waals surface area contributed by atoms with Gasteiger partial charge in [-0.15, -0.1) is 0 Å². The van der Waals surface area contributed by atoms with Crippen LogP contribution in [0.3, 0.4) is 0 Å². The second-order valence-electron chi connectivity index (χ2n) is 7.85. The maximum Gasteiger partial charge on any atom is 0.272 e. The van der Waals surface area contributed by atoms with Gasteiger partial charge in [-0.25, -0.2) is 19.3 Å². The first-order chi connectivity index (χ1) is 15.5. The van der Waals surface area contributed by atoms with Gasteiger partial charge in [0.1, 0.15) is 23.5 Å². The third-order valence-corrected chi connectivity index (χ3v) is 5.50. The van der Waals surface area contributed by atoms with Crippen LogP contribution in [-0.2, 0) is 6.54 Å². The molecule has 1 amide bonds. The number of H-pyrrole nitrogens is 1. The molecule has 1 saturated heterocycles. The van der Waals surface area contributed by atoms with Gasteiger partial charge in [-0.3, -0.25) is 4.79 Å². The predicted octanol–water partition coefficient (Wildman–Crippen LogP) is 2.05. The lowest BCUT2D eigenvalue weighted by Crippen LogP contribution is -2.24. The maximum atomic E-state index is 14.1. The molecule has 3 aromatic rings.